The minimum absolute atomic E-state index is 0.644. The second-order valence-electron chi connectivity index (χ2n) is 3.61. The van der Waals surface area contributed by atoms with Gasteiger partial charge in [0.2, 0.25) is 0 Å². The molecular formula is C8H15N2. The van der Waals surface area contributed by atoms with Crippen LogP contribution in [-0.4, -0.2) is 26.2 Å². The average Bonchev–Trinajstić information content (AvgIpc) is 2.39. The van der Waals surface area contributed by atoms with Crippen LogP contribution in [0.5, 0.6) is 0 Å². The summed E-state index contributed by atoms with van der Waals surface area (Å²) in [6, 6.07) is 0. The van der Waals surface area contributed by atoms with Gasteiger partial charge >= 0.3 is 0 Å². The van der Waals surface area contributed by atoms with Crippen molar-refractivity contribution in [3.63, 3.8) is 0 Å². The van der Waals surface area contributed by atoms with Crippen LogP contribution in [0, 0.1) is 5.41 Å². The van der Waals surface area contributed by atoms with Crippen molar-refractivity contribution in [1.29, 1.82) is 0 Å². The van der Waals surface area contributed by atoms with Gasteiger partial charge in [0, 0.05) is 13.1 Å². The van der Waals surface area contributed by atoms with Gasteiger partial charge < -0.3 is 5.32 Å². The van der Waals surface area contributed by atoms with Crippen molar-refractivity contribution < 1.29 is 0 Å². The van der Waals surface area contributed by atoms with Crippen LogP contribution in [0.2, 0.25) is 0 Å². The largest absolute Gasteiger partial charge is 0.317 e. The van der Waals surface area contributed by atoms with Gasteiger partial charge in [-0.3, -0.25) is 0 Å². The van der Waals surface area contributed by atoms with Crippen molar-refractivity contribution in [2.45, 2.75) is 19.3 Å². The first-order valence-electron chi connectivity index (χ1n) is 4.25. The van der Waals surface area contributed by atoms with Crippen LogP contribution in [0.15, 0.2) is 0 Å². The molecule has 0 aliphatic carbocycles. The Hall–Kier alpha value is -0.0800. The lowest BCUT2D eigenvalue weighted by molar-refractivity contribution is 0.229. The van der Waals surface area contributed by atoms with E-state index in [1.54, 1.807) is 0 Å². The maximum Gasteiger partial charge on any atom is 0.0191 e. The molecule has 2 fully saturated rings. The first-order valence-corrected chi connectivity index (χ1v) is 4.25. The predicted molar refractivity (Wildman–Crippen MR) is 41.0 cm³/mol. The number of rotatable bonds is 0. The summed E-state index contributed by atoms with van der Waals surface area (Å²) in [7, 11) is 0. The molecule has 2 aliphatic heterocycles. The van der Waals surface area contributed by atoms with Crippen molar-refractivity contribution in [1.82, 2.24) is 10.6 Å². The SMILES string of the molecule is C1CC2(CCNCC2)C[N]1. The summed E-state index contributed by atoms with van der Waals surface area (Å²) in [6.07, 6.45) is 4.07. The number of nitrogens with zero attached hydrogens (tertiary/aromatic N) is 1. The molecular weight excluding hydrogens is 124 g/mol. The Bertz CT molecular complexity index is 108. The second kappa shape index (κ2) is 2.51. The van der Waals surface area contributed by atoms with Crippen LogP contribution in [-0.2, 0) is 0 Å². The zero-order valence-electron chi connectivity index (χ0n) is 6.40. The Balaban J connectivity index is 1.98. The van der Waals surface area contributed by atoms with Crippen LogP contribution < -0.4 is 10.6 Å². The first kappa shape index (κ1) is 6.62. The van der Waals surface area contributed by atoms with E-state index in [2.05, 4.69) is 10.6 Å². The number of nitrogens with one attached hydrogen (secondary N) is 1. The van der Waals surface area contributed by atoms with Gasteiger partial charge in [-0.2, -0.15) is 0 Å². The summed E-state index contributed by atoms with van der Waals surface area (Å²) in [5.41, 5.74) is 0.644. The molecule has 2 rings (SSSR count). The Labute approximate surface area is 62.4 Å². The van der Waals surface area contributed by atoms with Gasteiger partial charge in [-0.1, -0.05) is 0 Å². The van der Waals surface area contributed by atoms with E-state index in [0.29, 0.717) is 5.41 Å². The topological polar surface area (TPSA) is 26.1 Å². The van der Waals surface area contributed by atoms with E-state index >= 15 is 0 Å². The molecule has 57 valence electrons. The second-order valence-corrected chi connectivity index (χ2v) is 3.61. The molecule has 1 N–H and O–H groups in total. The smallest absolute Gasteiger partial charge is 0.0191 e. The number of piperidine rings is 1. The van der Waals surface area contributed by atoms with Crippen molar-refractivity contribution in [3.05, 3.63) is 0 Å². The molecule has 0 aromatic rings. The standard InChI is InChI=1S/C8H15N2/c1-4-9-5-2-8(1)3-6-10-7-8/h9H,1-7H2. The fourth-order valence-electron chi connectivity index (χ4n) is 2.08. The molecule has 1 radical (unpaired) electrons. The lowest BCUT2D eigenvalue weighted by Gasteiger charge is -2.32. The summed E-state index contributed by atoms with van der Waals surface area (Å²) in [6.45, 7) is 4.71. The van der Waals surface area contributed by atoms with E-state index in [9.17, 15) is 0 Å². The molecule has 2 aliphatic rings. The first-order chi connectivity index (χ1) is 4.91. The van der Waals surface area contributed by atoms with Crippen LogP contribution >= 0.6 is 0 Å². The number of hydrogen-bond donors (Lipinski definition) is 1. The Morgan fingerprint density at radius 2 is 1.90 bits per heavy atom. The van der Waals surface area contributed by atoms with Gasteiger partial charge in [-0.25, -0.2) is 5.32 Å². The highest BCUT2D eigenvalue weighted by Gasteiger charge is 2.35. The van der Waals surface area contributed by atoms with Gasteiger partial charge in [0.05, 0.1) is 0 Å². The molecule has 1 spiro atoms. The summed E-state index contributed by atoms with van der Waals surface area (Å²) in [5.74, 6) is 0. The molecule has 0 bridgehead atoms. The fraction of sp³-hybridized carbons (Fsp3) is 1.00. The van der Waals surface area contributed by atoms with Crippen molar-refractivity contribution >= 4 is 0 Å². The maximum absolute atomic E-state index is 4.43. The number of hydrogen-bond acceptors (Lipinski definition) is 1. The zero-order valence-corrected chi connectivity index (χ0v) is 6.40. The summed E-state index contributed by atoms with van der Waals surface area (Å²) in [4.78, 5) is 0. The highest BCUT2D eigenvalue weighted by molar-refractivity contribution is 4.90. The molecule has 0 amide bonds. The Kier molecular flexibility index (Phi) is 1.66. The zero-order chi connectivity index (χ0) is 6.86. The highest BCUT2D eigenvalue weighted by Crippen LogP contribution is 2.34. The lowest BCUT2D eigenvalue weighted by atomic mass is 9.78. The van der Waals surface area contributed by atoms with Crippen LogP contribution in [0.3, 0.4) is 0 Å². The summed E-state index contributed by atoms with van der Waals surface area (Å²) in [5, 5.41) is 7.83. The minimum Gasteiger partial charge on any atom is -0.317 e. The molecule has 2 nitrogen and oxygen atoms in total. The van der Waals surface area contributed by atoms with E-state index in [4.69, 9.17) is 0 Å². The van der Waals surface area contributed by atoms with Gasteiger partial charge in [0.15, 0.2) is 0 Å². The minimum atomic E-state index is 0.644. The third-order valence-corrected chi connectivity index (χ3v) is 2.91. The van der Waals surface area contributed by atoms with Crippen LogP contribution in [0.25, 0.3) is 0 Å². The molecule has 0 saturated carbocycles. The molecule has 2 heterocycles. The third-order valence-electron chi connectivity index (χ3n) is 2.91. The van der Waals surface area contributed by atoms with Crippen molar-refractivity contribution in [2.75, 3.05) is 26.2 Å². The lowest BCUT2D eigenvalue weighted by Crippen LogP contribution is -2.37. The highest BCUT2D eigenvalue weighted by atomic mass is 15.0. The summed E-state index contributed by atoms with van der Waals surface area (Å²) >= 11 is 0. The quantitative estimate of drug-likeness (QED) is 0.515. The maximum atomic E-state index is 4.43. The summed E-state index contributed by atoms with van der Waals surface area (Å²) < 4.78 is 0. The van der Waals surface area contributed by atoms with E-state index in [0.717, 1.165) is 13.1 Å². The molecule has 10 heavy (non-hydrogen) atoms. The van der Waals surface area contributed by atoms with Crippen molar-refractivity contribution in [3.8, 4) is 0 Å². The molecule has 2 heteroatoms. The Morgan fingerprint density at radius 3 is 2.50 bits per heavy atom. The van der Waals surface area contributed by atoms with Gasteiger partial charge in [0.25, 0.3) is 0 Å². The predicted octanol–water partition coefficient (Wildman–Crippen LogP) is 0.364. The van der Waals surface area contributed by atoms with E-state index in [1.807, 2.05) is 0 Å². The molecule has 0 aromatic heterocycles. The fourth-order valence-corrected chi connectivity index (χ4v) is 2.08. The van der Waals surface area contributed by atoms with Crippen LogP contribution in [0.1, 0.15) is 19.3 Å². The average molecular weight is 139 g/mol. The Morgan fingerprint density at radius 1 is 1.10 bits per heavy atom. The normalized spacial score (nSPS) is 31.2. The monoisotopic (exact) mass is 139 g/mol. The molecule has 2 saturated heterocycles. The van der Waals surface area contributed by atoms with E-state index in [-0.39, 0.29) is 0 Å². The van der Waals surface area contributed by atoms with Crippen molar-refractivity contribution in [2.24, 2.45) is 5.41 Å². The van der Waals surface area contributed by atoms with Gasteiger partial charge in [0.1, 0.15) is 0 Å². The van der Waals surface area contributed by atoms with Gasteiger partial charge in [-0.15, -0.1) is 0 Å². The molecule has 0 unspecified atom stereocenters. The molecule has 0 aromatic carbocycles. The third kappa shape index (κ3) is 1.06. The van der Waals surface area contributed by atoms with E-state index in [1.165, 1.54) is 32.4 Å². The molecule has 0 atom stereocenters. The van der Waals surface area contributed by atoms with E-state index < -0.39 is 0 Å². The van der Waals surface area contributed by atoms with Gasteiger partial charge in [-0.05, 0) is 37.8 Å². The van der Waals surface area contributed by atoms with Crippen LogP contribution in [0.4, 0.5) is 0 Å².